The van der Waals surface area contributed by atoms with E-state index in [4.69, 9.17) is 9.26 Å². The largest absolute Gasteiger partial charge is 0.379 e. The second kappa shape index (κ2) is 3.89. The summed E-state index contributed by atoms with van der Waals surface area (Å²) >= 11 is 0. The van der Waals surface area contributed by atoms with E-state index in [9.17, 15) is 0 Å². The van der Waals surface area contributed by atoms with E-state index in [0.717, 1.165) is 44.3 Å². The van der Waals surface area contributed by atoms with Crippen LogP contribution < -0.4 is 0 Å². The fraction of sp³-hybridized carbons (Fsp3) is 0.667. The molecule has 1 aromatic rings. The number of morpholine rings is 1. The number of hydrogen-bond donors (Lipinski definition) is 0. The first kappa shape index (κ1) is 8.72. The van der Waals surface area contributed by atoms with Crippen LogP contribution in [0.25, 0.3) is 0 Å². The zero-order valence-electron chi connectivity index (χ0n) is 7.82. The van der Waals surface area contributed by atoms with Gasteiger partial charge in [0, 0.05) is 19.2 Å². The normalized spacial score (nSPS) is 19.2. The molecule has 4 nitrogen and oxygen atoms in total. The molecule has 0 atom stereocenters. The van der Waals surface area contributed by atoms with Crippen molar-refractivity contribution in [2.75, 3.05) is 26.3 Å². The first-order valence-corrected chi connectivity index (χ1v) is 4.57. The molecule has 1 aliphatic heterocycles. The van der Waals surface area contributed by atoms with Crippen LogP contribution in [0.15, 0.2) is 10.6 Å². The van der Waals surface area contributed by atoms with Gasteiger partial charge in [0.15, 0.2) is 5.76 Å². The van der Waals surface area contributed by atoms with Gasteiger partial charge in [-0.1, -0.05) is 5.16 Å². The zero-order chi connectivity index (χ0) is 9.10. The predicted molar refractivity (Wildman–Crippen MR) is 47.3 cm³/mol. The Balaban J connectivity index is 1.89. The minimum absolute atomic E-state index is 0.827. The molecular formula is C9H14N2O2. The molecule has 0 spiro atoms. The lowest BCUT2D eigenvalue weighted by Gasteiger charge is -2.25. The number of aryl methyl sites for hydroxylation is 1. The van der Waals surface area contributed by atoms with Crippen LogP contribution in [0.1, 0.15) is 11.5 Å². The van der Waals surface area contributed by atoms with Crippen molar-refractivity contribution in [1.29, 1.82) is 0 Å². The van der Waals surface area contributed by atoms with Gasteiger partial charge in [-0.3, -0.25) is 4.90 Å². The fourth-order valence-electron chi connectivity index (χ4n) is 1.47. The van der Waals surface area contributed by atoms with Gasteiger partial charge in [-0.15, -0.1) is 0 Å². The van der Waals surface area contributed by atoms with Crippen LogP contribution in [0.2, 0.25) is 0 Å². The molecule has 0 aliphatic carbocycles. The second-order valence-corrected chi connectivity index (χ2v) is 3.32. The summed E-state index contributed by atoms with van der Waals surface area (Å²) in [5.74, 6) is 0.944. The Morgan fingerprint density at radius 2 is 2.23 bits per heavy atom. The zero-order valence-corrected chi connectivity index (χ0v) is 7.82. The van der Waals surface area contributed by atoms with Gasteiger partial charge in [0.25, 0.3) is 0 Å². The molecule has 0 amide bonds. The van der Waals surface area contributed by atoms with E-state index in [-0.39, 0.29) is 0 Å². The first-order valence-electron chi connectivity index (χ1n) is 4.57. The van der Waals surface area contributed by atoms with Gasteiger partial charge in [0.2, 0.25) is 0 Å². The van der Waals surface area contributed by atoms with Gasteiger partial charge < -0.3 is 9.26 Å². The maximum atomic E-state index is 5.25. The monoisotopic (exact) mass is 182 g/mol. The molecule has 1 saturated heterocycles. The van der Waals surface area contributed by atoms with Crippen molar-refractivity contribution in [2.24, 2.45) is 0 Å². The van der Waals surface area contributed by atoms with Crippen molar-refractivity contribution in [1.82, 2.24) is 10.1 Å². The number of rotatable bonds is 2. The maximum absolute atomic E-state index is 5.25. The summed E-state index contributed by atoms with van der Waals surface area (Å²) in [6, 6.07) is 1.98. The van der Waals surface area contributed by atoms with Gasteiger partial charge in [0.1, 0.15) is 0 Å². The highest BCUT2D eigenvalue weighted by atomic mass is 16.5. The topological polar surface area (TPSA) is 38.5 Å². The summed E-state index contributed by atoms with van der Waals surface area (Å²) in [7, 11) is 0. The average Bonchev–Trinajstić information content (AvgIpc) is 2.53. The van der Waals surface area contributed by atoms with Gasteiger partial charge in [-0.25, -0.2) is 0 Å². The third-order valence-corrected chi connectivity index (χ3v) is 2.16. The van der Waals surface area contributed by atoms with E-state index in [1.165, 1.54) is 0 Å². The Kier molecular flexibility index (Phi) is 2.61. The van der Waals surface area contributed by atoms with Crippen LogP contribution >= 0.6 is 0 Å². The lowest BCUT2D eigenvalue weighted by Crippen LogP contribution is -2.35. The highest BCUT2D eigenvalue weighted by Gasteiger charge is 2.12. The Morgan fingerprint density at radius 3 is 2.85 bits per heavy atom. The maximum Gasteiger partial charge on any atom is 0.150 e. The molecule has 0 bridgehead atoms. The van der Waals surface area contributed by atoms with Crippen LogP contribution in [-0.2, 0) is 11.3 Å². The van der Waals surface area contributed by atoms with Crippen LogP contribution in [0.4, 0.5) is 0 Å². The first-order chi connectivity index (χ1) is 6.34. The van der Waals surface area contributed by atoms with Crippen molar-refractivity contribution in [3.05, 3.63) is 17.5 Å². The highest BCUT2D eigenvalue weighted by molar-refractivity contribution is 5.02. The van der Waals surface area contributed by atoms with E-state index in [1.54, 1.807) is 0 Å². The van der Waals surface area contributed by atoms with E-state index in [1.807, 2.05) is 13.0 Å². The summed E-state index contributed by atoms with van der Waals surface area (Å²) in [5, 5.41) is 3.85. The lowest BCUT2D eigenvalue weighted by molar-refractivity contribution is 0.0305. The Hall–Kier alpha value is -0.870. The third kappa shape index (κ3) is 2.29. The van der Waals surface area contributed by atoms with Gasteiger partial charge >= 0.3 is 0 Å². The van der Waals surface area contributed by atoms with Gasteiger partial charge in [-0.05, 0) is 6.92 Å². The van der Waals surface area contributed by atoms with Gasteiger partial charge in [-0.2, -0.15) is 0 Å². The Bertz CT molecular complexity index is 266. The summed E-state index contributed by atoms with van der Waals surface area (Å²) in [6.07, 6.45) is 0. The molecule has 0 saturated carbocycles. The molecule has 0 aromatic carbocycles. The van der Waals surface area contributed by atoms with E-state index in [2.05, 4.69) is 10.1 Å². The average molecular weight is 182 g/mol. The molecule has 1 fully saturated rings. The number of aromatic nitrogens is 1. The smallest absolute Gasteiger partial charge is 0.150 e. The lowest BCUT2D eigenvalue weighted by atomic mass is 10.3. The molecule has 72 valence electrons. The molecule has 1 aliphatic rings. The number of ether oxygens (including phenoxy) is 1. The summed E-state index contributed by atoms with van der Waals surface area (Å²) in [6.45, 7) is 6.41. The summed E-state index contributed by atoms with van der Waals surface area (Å²) in [4.78, 5) is 2.31. The van der Waals surface area contributed by atoms with Crippen molar-refractivity contribution in [3.8, 4) is 0 Å². The van der Waals surface area contributed by atoms with Crippen molar-refractivity contribution in [2.45, 2.75) is 13.5 Å². The molecule has 0 N–H and O–H groups in total. The van der Waals surface area contributed by atoms with E-state index >= 15 is 0 Å². The van der Waals surface area contributed by atoms with Gasteiger partial charge in [0.05, 0.1) is 25.5 Å². The van der Waals surface area contributed by atoms with Crippen LogP contribution in [0.3, 0.4) is 0 Å². The SMILES string of the molecule is Cc1cc(CN2CCOCC2)on1. The van der Waals surface area contributed by atoms with Crippen LogP contribution in [0, 0.1) is 6.92 Å². The fourth-order valence-corrected chi connectivity index (χ4v) is 1.47. The molecule has 1 aromatic heterocycles. The standard InChI is InChI=1S/C9H14N2O2/c1-8-6-9(13-10-8)7-11-2-4-12-5-3-11/h6H,2-5,7H2,1H3. The van der Waals surface area contributed by atoms with Crippen LogP contribution in [-0.4, -0.2) is 36.4 Å². The van der Waals surface area contributed by atoms with Crippen molar-refractivity contribution in [3.63, 3.8) is 0 Å². The van der Waals surface area contributed by atoms with Crippen molar-refractivity contribution < 1.29 is 9.26 Å². The molecule has 0 radical (unpaired) electrons. The quantitative estimate of drug-likeness (QED) is 0.678. The molecule has 4 heteroatoms. The Morgan fingerprint density at radius 1 is 1.46 bits per heavy atom. The molecular weight excluding hydrogens is 168 g/mol. The number of hydrogen-bond acceptors (Lipinski definition) is 4. The van der Waals surface area contributed by atoms with E-state index in [0.29, 0.717) is 0 Å². The van der Waals surface area contributed by atoms with Crippen molar-refractivity contribution >= 4 is 0 Å². The third-order valence-electron chi connectivity index (χ3n) is 2.16. The minimum atomic E-state index is 0.827. The predicted octanol–water partition coefficient (Wildman–Crippen LogP) is 0.815. The molecule has 2 rings (SSSR count). The molecule has 13 heavy (non-hydrogen) atoms. The summed E-state index contributed by atoms with van der Waals surface area (Å²) in [5.41, 5.74) is 0.947. The van der Waals surface area contributed by atoms with Crippen LogP contribution in [0.5, 0.6) is 0 Å². The minimum Gasteiger partial charge on any atom is -0.379 e. The van der Waals surface area contributed by atoms with E-state index < -0.39 is 0 Å². The Labute approximate surface area is 77.5 Å². The highest BCUT2D eigenvalue weighted by Crippen LogP contribution is 2.07. The molecule has 2 heterocycles. The molecule has 0 unspecified atom stereocenters. The second-order valence-electron chi connectivity index (χ2n) is 3.32. The summed E-state index contributed by atoms with van der Waals surface area (Å²) < 4.78 is 10.4. The number of nitrogens with zero attached hydrogens (tertiary/aromatic N) is 2.